The van der Waals surface area contributed by atoms with E-state index in [0.717, 1.165) is 27.0 Å². The number of hydrogen-bond donors (Lipinski definition) is 1. The number of pyridine rings is 1. The van der Waals surface area contributed by atoms with Crippen LogP contribution in [0.3, 0.4) is 0 Å². The number of methoxy groups -OCH3 is 1. The molecule has 2 radical (unpaired) electrons. The van der Waals surface area contributed by atoms with E-state index in [0.29, 0.717) is 0 Å². The van der Waals surface area contributed by atoms with Gasteiger partial charge in [0.05, 0.1) is 0 Å². The predicted molar refractivity (Wildman–Crippen MR) is 66.0 cm³/mol. The van der Waals surface area contributed by atoms with Gasteiger partial charge in [0.15, 0.2) is 0 Å². The number of benzene rings is 1. The number of rotatable bonds is 2. The molecule has 4 heteroatoms. The average Bonchev–Trinajstić information content (AvgIpc) is 2.33. The molecule has 0 bridgehead atoms. The summed E-state index contributed by atoms with van der Waals surface area (Å²) >= 11 is 2.46. The van der Waals surface area contributed by atoms with E-state index < -0.39 is 0 Å². The van der Waals surface area contributed by atoms with Gasteiger partial charge in [0, 0.05) is 0 Å². The minimum absolute atomic E-state index is 0.737. The van der Waals surface area contributed by atoms with Crippen LogP contribution in [-0.2, 0) is 0 Å². The topological polar surface area (TPSA) is 48.1 Å². The predicted octanol–water partition coefficient (Wildman–Crippen LogP) is 1.13. The van der Waals surface area contributed by atoms with Crippen molar-refractivity contribution in [1.82, 2.24) is 4.98 Å². The summed E-state index contributed by atoms with van der Waals surface area (Å²) in [5, 5.41) is 0. The van der Waals surface area contributed by atoms with Gasteiger partial charge in [0.25, 0.3) is 0 Å². The van der Waals surface area contributed by atoms with E-state index in [2.05, 4.69) is 21.8 Å². The van der Waals surface area contributed by atoms with E-state index in [1.165, 1.54) is 0 Å². The number of hydrogen-bond acceptors (Lipinski definition) is 3. The number of aromatic nitrogens is 1. The molecule has 1 aromatic carbocycles. The quantitative estimate of drug-likeness (QED) is 0.835. The van der Waals surface area contributed by atoms with E-state index in [4.69, 9.17) is 10.5 Å². The number of nitrogen functional groups attached to an aromatic ring is 1. The van der Waals surface area contributed by atoms with Crippen LogP contribution in [0.1, 0.15) is 0 Å². The summed E-state index contributed by atoms with van der Waals surface area (Å²) in [5.41, 5.74) is 8.49. The van der Waals surface area contributed by atoms with Crippen LogP contribution in [0.2, 0.25) is 0 Å². The Morgan fingerprint density at radius 1 is 1.19 bits per heavy atom. The van der Waals surface area contributed by atoms with Crippen molar-refractivity contribution in [3.05, 3.63) is 36.5 Å². The second-order valence-electron chi connectivity index (χ2n) is 3.33. The standard InChI is InChI=1S/C12H11AsN2O/c1-16-9-4-2-8(3-5-9)12-11(13)10(14)6-7-15-12/h2-7H,1H3,(H2,14,15). The van der Waals surface area contributed by atoms with Gasteiger partial charge in [-0.1, -0.05) is 0 Å². The van der Waals surface area contributed by atoms with Gasteiger partial charge in [-0.3, -0.25) is 0 Å². The molecule has 0 amide bonds. The van der Waals surface area contributed by atoms with E-state index >= 15 is 0 Å². The molecule has 0 saturated heterocycles. The zero-order valence-corrected chi connectivity index (χ0v) is 10.7. The summed E-state index contributed by atoms with van der Waals surface area (Å²) in [4.78, 5) is 4.33. The van der Waals surface area contributed by atoms with Crippen LogP contribution in [0.4, 0.5) is 5.69 Å². The number of anilines is 1. The molecule has 0 saturated carbocycles. The van der Waals surface area contributed by atoms with Gasteiger partial charge in [-0.05, 0) is 0 Å². The molecule has 0 aliphatic rings. The van der Waals surface area contributed by atoms with Crippen LogP contribution >= 0.6 is 0 Å². The van der Waals surface area contributed by atoms with Crippen molar-refractivity contribution >= 4 is 26.9 Å². The molecule has 3 nitrogen and oxygen atoms in total. The molecule has 16 heavy (non-hydrogen) atoms. The summed E-state index contributed by atoms with van der Waals surface area (Å²) in [6.45, 7) is 0. The maximum absolute atomic E-state index is 5.83. The second kappa shape index (κ2) is 4.58. The molecule has 2 rings (SSSR count). The molecule has 0 aliphatic heterocycles. The number of ether oxygens (including phenoxy) is 1. The summed E-state index contributed by atoms with van der Waals surface area (Å²) in [6.07, 6.45) is 1.71. The Kier molecular flexibility index (Phi) is 3.16. The van der Waals surface area contributed by atoms with E-state index in [-0.39, 0.29) is 0 Å². The molecule has 80 valence electrons. The van der Waals surface area contributed by atoms with Gasteiger partial charge in [-0.2, -0.15) is 0 Å². The second-order valence-corrected chi connectivity index (χ2v) is 4.26. The molecule has 0 atom stereocenters. The van der Waals surface area contributed by atoms with E-state index in [1.54, 1.807) is 19.4 Å². The Labute approximate surface area is 103 Å². The Hall–Kier alpha value is -1.47. The minimum atomic E-state index is 0.737. The first-order valence-corrected chi connectivity index (χ1v) is 5.74. The van der Waals surface area contributed by atoms with Crippen LogP contribution in [0.25, 0.3) is 11.3 Å². The van der Waals surface area contributed by atoms with Crippen LogP contribution in [0, 0.1) is 0 Å². The molecule has 0 aliphatic carbocycles. The molecule has 2 N–H and O–H groups in total. The molecule has 0 spiro atoms. The molecular formula is C12H11AsN2O. The SMILES string of the molecule is COc1ccc(-c2nccc(N)c2[As])cc1. The molecule has 2 aromatic rings. The van der Waals surface area contributed by atoms with Gasteiger partial charge < -0.3 is 0 Å². The zero-order chi connectivity index (χ0) is 11.5. The summed E-state index contributed by atoms with van der Waals surface area (Å²) in [5.74, 6) is 0.833. The number of nitrogens with two attached hydrogens (primary N) is 1. The summed E-state index contributed by atoms with van der Waals surface area (Å²) in [6, 6.07) is 9.55. The third-order valence-corrected chi connectivity index (χ3v) is 3.31. The van der Waals surface area contributed by atoms with Gasteiger partial charge in [0.2, 0.25) is 0 Å². The Balaban J connectivity index is 2.46. The van der Waals surface area contributed by atoms with Crippen LogP contribution < -0.4 is 14.8 Å². The van der Waals surface area contributed by atoms with Crippen molar-refractivity contribution < 1.29 is 4.74 Å². The fraction of sp³-hybridized carbons (Fsp3) is 0.0833. The summed E-state index contributed by atoms with van der Waals surface area (Å²) < 4.78 is 6.05. The average molecular weight is 274 g/mol. The van der Waals surface area contributed by atoms with Gasteiger partial charge >= 0.3 is 103 Å². The fourth-order valence-electron chi connectivity index (χ4n) is 1.43. The molecular weight excluding hydrogens is 263 g/mol. The van der Waals surface area contributed by atoms with Crippen molar-refractivity contribution in [2.75, 3.05) is 12.8 Å². The number of nitrogens with zero attached hydrogens (tertiary/aromatic N) is 1. The first-order chi connectivity index (χ1) is 7.72. The van der Waals surface area contributed by atoms with Gasteiger partial charge in [0.1, 0.15) is 0 Å². The molecule has 0 fully saturated rings. The summed E-state index contributed by atoms with van der Waals surface area (Å²) in [7, 11) is 1.65. The van der Waals surface area contributed by atoms with Crippen molar-refractivity contribution in [1.29, 1.82) is 0 Å². The maximum atomic E-state index is 5.83. The Bertz CT molecular complexity index is 497. The zero-order valence-electron chi connectivity index (χ0n) is 8.84. The van der Waals surface area contributed by atoms with Crippen molar-refractivity contribution in [2.45, 2.75) is 0 Å². The van der Waals surface area contributed by atoms with Crippen LogP contribution in [-0.4, -0.2) is 28.9 Å². The van der Waals surface area contributed by atoms with E-state index in [9.17, 15) is 0 Å². The fourth-order valence-corrected chi connectivity index (χ4v) is 1.98. The molecule has 0 unspecified atom stereocenters. The van der Waals surface area contributed by atoms with Crippen LogP contribution in [0.15, 0.2) is 36.5 Å². The third-order valence-electron chi connectivity index (χ3n) is 2.32. The van der Waals surface area contributed by atoms with Crippen molar-refractivity contribution in [2.24, 2.45) is 0 Å². The Morgan fingerprint density at radius 2 is 1.88 bits per heavy atom. The molecule has 1 aromatic heterocycles. The Morgan fingerprint density at radius 3 is 2.50 bits per heavy atom. The third kappa shape index (κ3) is 2.05. The van der Waals surface area contributed by atoms with Crippen LogP contribution in [0.5, 0.6) is 5.75 Å². The van der Waals surface area contributed by atoms with E-state index in [1.807, 2.05) is 24.3 Å². The van der Waals surface area contributed by atoms with Gasteiger partial charge in [-0.15, -0.1) is 0 Å². The monoisotopic (exact) mass is 274 g/mol. The van der Waals surface area contributed by atoms with Crippen molar-refractivity contribution in [3.8, 4) is 17.0 Å². The van der Waals surface area contributed by atoms with Gasteiger partial charge in [-0.25, -0.2) is 0 Å². The molecule has 1 heterocycles. The van der Waals surface area contributed by atoms with Crippen molar-refractivity contribution in [3.63, 3.8) is 0 Å². The first kappa shape index (κ1) is 11.0. The first-order valence-electron chi connectivity index (χ1n) is 4.80. The normalized spacial score (nSPS) is 10.1.